The van der Waals surface area contributed by atoms with Crippen LogP contribution >= 0.6 is 7.82 Å². The Labute approximate surface area is 334 Å². The van der Waals surface area contributed by atoms with Gasteiger partial charge in [0.05, 0.1) is 19.8 Å². The number of aliphatic hydroxyl groups excluding tert-OH is 2. The number of hydrogen-bond acceptors (Lipinski definition) is 9. The molecule has 0 spiro atoms. The van der Waals surface area contributed by atoms with Crippen LogP contribution in [0.2, 0.25) is 0 Å². The number of carbonyl (C=O) groups is 2. The number of phosphoric ester groups is 1. The Hall–Kier alpha value is -2.33. The first-order valence-electron chi connectivity index (χ1n) is 21.2. The summed E-state index contributed by atoms with van der Waals surface area (Å²) in [5.74, 6) is -0.958. The van der Waals surface area contributed by atoms with Gasteiger partial charge in [-0.05, 0) is 77.0 Å². The minimum atomic E-state index is -4.63. The highest BCUT2D eigenvalue weighted by Crippen LogP contribution is 2.43. The van der Waals surface area contributed by atoms with Crippen molar-refractivity contribution < 1.29 is 47.8 Å². The van der Waals surface area contributed by atoms with Gasteiger partial charge < -0.3 is 24.6 Å². The van der Waals surface area contributed by atoms with E-state index in [9.17, 15) is 24.2 Å². The molecule has 318 valence electrons. The molecule has 11 heteroatoms. The third-order valence-corrected chi connectivity index (χ3v) is 9.61. The Bertz CT molecular complexity index is 1100. The van der Waals surface area contributed by atoms with E-state index in [1.165, 1.54) is 44.9 Å². The summed E-state index contributed by atoms with van der Waals surface area (Å²) in [6.07, 6.45) is 43.2. The molecule has 0 heterocycles. The predicted molar refractivity (Wildman–Crippen MR) is 224 cm³/mol. The van der Waals surface area contributed by atoms with Gasteiger partial charge in [0.2, 0.25) is 0 Å². The van der Waals surface area contributed by atoms with Crippen LogP contribution in [0.15, 0.2) is 60.8 Å². The molecule has 0 aliphatic carbocycles. The number of ether oxygens (including phenoxy) is 2. The Morgan fingerprint density at radius 3 is 1.51 bits per heavy atom. The average molecular weight is 797 g/mol. The fourth-order valence-electron chi connectivity index (χ4n) is 5.39. The Kier molecular flexibility index (Phi) is 38.2. The van der Waals surface area contributed by atoms with Gasteiger partial charge in [0.15, 0.2) is 6.10 Å². The molecule has 0 aromatic carbocycles. The van der Waals surface area contributed by atoms with Crippen molar-refractivity contribution in [3.05, 3.63) is 60.8 Å². The molecule has 3 atom stereocenters. The molecule has 0 fully saturated rings. The lowest BCUT2D eigenvalue weighted by atomic mass is 10.1. The number of aliphatic hydroxyl groups is 2. The largest absolute Gasteiger partial charge is 0.472 e. The van der Waals surface area contributed by atoms with Crippen LogP contribution in [0, 0.1) is 0 Å². The summed E-state index contributed by atoms with van der Waals surface area (Å²) >= 11 is 0. The summed E-state index contributed by atoms with van der Waals surface area (Å²) in [4.78, 5) is 35.0. The molecule has 3 N–H and O–H groups in total. The van der Waals surface area contributed by atoms with Crippen molar-refractivity contribution in [1.82, 2.24) is 0 Å². The van der Waals surface area contributed by atoms with E-state index in [0.717, 1.165) is 83.5 Å². The molecule has 0 aliphatic rings. The zero-order valence-electron chi connectivity index (χ0n) is 34.4. The van der Waals surface area contributed by atoms with Gasteiger partial charge in [0.1, 0.15) is 12.7 Å². The maximum Gasteiger partial charge on any atom is 0.472 e. The van der Waals surface area contributed by atoms with Gasteiger partial charge in [0.25, 0.3) is 0 Å². The first-order valence-corrected chi connectivity index (χ1v) is 22.7. The van der Waals surface area contributed by atoms with Crippen molar-refractivity contribution in [2.45, 2.75) is 180 Å². The lowest BCUT2D eigenvalue weighted by Crippen LogP contribution is -2.29. The second-order valence-electron chi connectivity index (χ2n) is 14.0. The van der Waals surface area contributed by atoms with E-state index in [1.54, 1.807) is 0 Å². The van der Waals surface area contributed by atoms with Gasteiger partial charge in [0, 0.05) is 12.8 Å². The number of phosphoric acid groups is 1. The molecule has 0 amide bonds. The fraction of sp³-hybridized carbons (Fsp3) is 0.727. The first-order chi connectivity index (χ1) is 26.7. The molecule has 0 aliphatic heterocycles. The number of unbranched alkanes of at least 4 members (excludes halogenated alkanes) is 15. The number of rotatable bonds is 39. The van der Waals surface area contributed by atoms with Gasteiger partial charge in [-0.3, -0.25) is 18.6 Å². The Morgan fingerprint density at radius 2 is 1.00 bits per heavy atom. The zero-order valence-corrected chi connectivity index (χ0v) is 35.3. The second kappa shape index (κ2) is 39.9. The molecular formula is C44H77O10P. The normalized spacial score (nSPS) is 14.5. The van der Waals surface area contributed by atoms with E-state index < -0.39 is 51.8 Å². The lowest BCUT2D eigenvalue weighted by Gasteiger charge is -2.20. The number of allylic oxidation sites excluding steroid dienone is 10. The van der Waals surface area contributed by atoms with Crippen molar-refractivity contribution in [2.24, 2.45) is 0 Å². The monoisotopic (exact) mass is 797 g/mol. The van der Waals surface area contributed by atoms with Gasteiger partial charge in [-0.1, -0.05) is 139 Å². The highest BCUT2D eigenvalue weighted by molar-refractivity contribution is 7.47. The van der Waals surface area contributed by atoms with E-state index in [2.05, 4.69) is 79.1 Å². The summed E-state index contributed by atoms with van der Waals surface area (Å²) in [7, 11) is -4.63. The van der Waals surface area contributed by atoms with Gasteiger partial charge in [-0.15, -0.1) is 0 Å². The first kappa shape index (κ1) is 52.7. The maximum absolute atomic E-state index is 12.6. The molecule has 10 nitrogen and oxygen atoms in total. The molecule has 55 heavy (non-hydrogen) atoms. The molecule has 3 unspecified atom stereocenters. The van der Waals surface area contributed by atoms with Gasteiger partial charge in [-0.25, -0.2) is 4.57 Å². The highest BCUT2D eigenvalue weighted by Gasteiger charge is 2.27. The van der Waals surface area contributed by atoms with E-state index >= 15 is 0 Å². The molecule has 0 rings (SSSR count). The van der Waals surface area contributed by atoms with Crippen molar-refractivity contribution in [1.29, 1.82) is 0 Å². The van der Waals surface area contributed by atoms with Crippen molar-refractivity contribution in [3.63, 3.8) is 0 Å². The smallest absolute Gasteiger partial charge is 0.462 e. The maximum atomic E-state index is 12.6. The topological polar surface area (TPSA) is 149 Å². The molecule has 0 saturated heterocycles. The lowest BCUT2D eigenvalue weighted by molar-refractivity contribution is -0.161. The molecule has 0 radical (unpaired) electrons. The van der Waals surface area contributed by atoms with Crippen LogP contribution in [0.1, 0.15) is 168 Å². The molecule has 0 aromatic rings. The van der Waals surface area contributed by atoms with Crippen LogP contribution in [-0.4, -0.2) is 65.7 Å². The highest BCUT2D eigenvalue weighted by atomic mass is 31.2. The molecular weight excluding hydrogens is 719 g/mol. The SMILES string of the molecule is CC/C=C\C/C=C\C/C=C\CCCCCCCC(=O)OC(COC(=O)CCCCCCCCC/C=C\C/C=C\CCCCC)COP(=O)(O)OCC(O)CO. The second-order valence-corrected chi connectivity index (χ2v) is 15.4. The third-order valence-electron chi connectivity index (χ3n) is 8.66. The third kappa shape index (κ3) is 39.7. The number of carbonyl (C=O) groups excluding carboxylic acids is 2. The van der Waals surface area contributed by atoms with Gasteiger partial charge >= 0.3 is 19.8 Å². The van der Waals surface area contributed by atoms with Crippen LogP contribution in [0.25, 0.3) is 0 Å². The van der Waals surface area contributed by atoms with Crippen LogP contribution < -0.4 is 0 Å². The summed E-state index contributed by atoms with van der Waals surface area (Å²) in [6, 6.07) is 0. The average Bonchev–Trinajstić information content (AvgIpc) is 3.17. The minimum Gasteiger partial charge on any atom is -0.462 e. The molecule has 0 saturated carbocycles. The molecule has 0 aromatic heterocycles. The minimum absolute atomic E-state index is 0.160. The van der Waals surface area contributed by atoms with Crippen LogP contribution in [0.5, 0.6) is 0 Å². The zero-order chi connectivity index (χ0) is 40.5. The summed E-state index contributed by atoms with van der Waals surface area (Å²) in [5, 5.41) is 18.3. The van der Waals surface area contributed by atoms with Crippen LogP contribution in [0.3, 0.4) is 0 Å². The molecule has 0 bridgehead atoms. The number of esters is 2. The fourth-order valence-corrected chi connectivity index (χ4v) is 6.18. The predicted octanol–water partition coefficient (Wildman–Crippen LogP) is 11.1. The quantitative estimate of drug-likeness (QED) is 0.0237. The van der Waals surface area contributed by atoms with Crippen molar-refractivity contribution in [3.8, 4) is 0 Å². The van der Waals surface area contributed by atoms with Crippen LogP contribution in [0.4, 0.5) is 0 Å². The summed E-state index contributed by atoms with van der Waals surface area (Å²) in [5.41, 5.74) is 0. The van der Waals surface area contributed by atoms with E-state index in [4.69, 9.17) is 19.1 Å². The van der Waals surface area contributed by atoms with Gasteiger partial charge in [-0.2, -0.15) is 0 Å². The van der Waals surface area contributed by atoms with Crippen molar-refractivity contribution >= 4 is 19.8 Å². The Morgan fingerprint density at radius 1 is 0.564 bits per heavy atom. The van der Waals surface area contributed by atoms with Crippen molar-refractivity contribution in [2.75, 3.05) is 26.4 Å². The Balaban J connectivity index is 4.35. The number of hydrogen-bond donors (Lipinski definition) is 3. The summed E-state index contributed by atoms with van der Waals surface area (Å²) < 4.78 is 32.7. The summed E-state index contributed by atoms with van der Waals surface area (Å²) in [6.45, 7) is 2.20. The van der Waals surface area contributed by atoms with E-state index in [0.29, 0.717) is 12.8 Å². The van der Waals surface area contributed by atoms with E-state index in [1.807, 2.05) is 0 Å². The van der Waals surface area contributed by atoms with Crippen LogP contribution in [-0.2, 0) is 32.7 Å². The van der Waals surface area contributed by atoms with E-state index in [-0.39, 0.29) is 19.4 Å². The standard InChI is InChI=1S/C44H77O10P/c1-3-5-7-9-11-13-15-17-19-20-22-23-25-27-29-31-33-35-43(47)51-39-42(40-53-55(49,50)52-38-41(46)37-45)54-44(48)36-34-32-30-28-26-24-21-18-16-14-12-10-8-6-4-2/h6,8,11-14,17-19,21,41-42,45-46H,3-5,7,9-10,15-16,20,22-40H2,1-2H3,(H,49,50)/b8-6-,13-11-,14-12-,19-17-,21-18-.